The van der Waals surface area contributed by atoms with Crippen LogP contribution in [0.25, 0.3) is 27.8 Å². The molecular formula is C28H25N7O2. The zero-order valence-electron chi connectivity index (χ0n) is 20.1. The van der Waals surface area contributed by atoms with Crippen LogP contribution in [0.1, 0.15) is 16.2 Å². The second kappa shape index (κ2) is 9.79. The molecule has 1 amide bonds. The number of hydrogen-bond acceptors (Lipinski definition) is 6. The lowest BCUT2D eigenvalue weighted by atomic mass is 10.1. The van der Waals surface area contributed by atoms with E-state index in [4.69, 9.17) is 5.10 Å². The van der Waals surface area contributed by atoms with Crippen molar-refractivity contribution in [2.24, 2.45) is 0 Å². The number of carbonyl (C=O) groups excluding carboxylic acids is 1. The van der Waals surface area contributed by atoms with Gasteiger partial charge in [-0.25, -0.2) is 9.67 Å². The number of aromatic nitrogens is 5. The summed E-state index contributed by atoms with van der Waals surface area (Å²) in [4.78, 5) is 41.9. The maximum Gasteiger partial charge on any atom is 0.258 e. The SMILES string of the molecule is O=C(c1cn(-c2ccccc2)nc1-c1cccnc1)N1CCN(Cc2nc3ccccc3c(=O)[nH]2)CC1. The van der Waals surface area contributed by atoms with E-state index in [-0.39, 0.29) is 11.5 Å². The summed E-state index contributed by atoms with van der Waals surface area (Å²) in [6, 6.07) is 20.8. The minimum atomic E-state index is -0.132. The molecule has 0 unspecified atom stereocenters. The van der Waals surface area contributed by atoms with Crippen LogP contribution in [0.15, 0.2) is 90.1 Å². The highest BCUT2D eigenvalue weighted by atomic mass is 16.2. The Bertz CT molecular complexity index is 1600. The van der Waals surface area contributed by atoms with Gasteiger partial charge in [0, 0.05) is 50.3 Å². The Kier molecular flexibility index (Phi) is 6.03. The van der Waals surface area contributed by atoms with Crippen molar-refractivity contribution in [2.45, 2.75) is 6.54 Å². The number of amides is 1. The third-order valence-corrected chi connectivity index (χ3v) is 6.60. The van der Waals surface area contributed by atoms with Gasteiger partial charge in [0.05, 0.1) is 28.7 Å². The number of nitrogens with zero attached hydrogens (tertiary/aromatic N) is 6. The second-order valence-corrected chi connectivity index (χ2v) is 9.01. The Hall–Kier alpha value is -4.63. The Morgan fingerprint density at radius 3 is 2.49 bits per heavy atom. The quantitative estimate of drug-likeness (QED) is 0.406. The van der Waals surface area contributed by atoms with E-state index in [1.165, 1.54) is 0 Å². The minimum absolute atomic E-state index is 0.0575. The molecule has 37 heavy (non-hydrogen) atoms. The Balaban J connectivity index is 1.20. The summed E-state index contributed by atoms with van der Waals surface area (Å²) in [6.07, 6.45) is 5.23. The number of carbonyl (C=O) groups is 1. The van der Waals surface area contributed by atoms with Gasteiger partial charge < -0.3 is 9.88 Å². The van der Waals surface area contributed by atoms with Crippen LogP contribution in [0.3, 0.4) is 0 Å². The van der Waals surface area contributed by atoms with Gasteiger partial charge in [0.2, 0.25) is 0 Å². The van der Waals surface area contributed by atoms with Crippen molar-refractivity contribution in [3.63, 3.8) is 0 Å². The number of para-hydroxylation sites is 2. The van der Waals surface area contributed by atoms with Gasteiger partial charge >= 0.3 is 0 Å². The molecule has 0 radical (unpaired) electrons. The van der Waals surface area contributed by atoms with E-state index in [9.17, 15) is 9.59 Å². The summed E-state index contributed by atoms with van der Waals surface area (Å²) in [6.45, 7) is 3.02. The van der Waals surface area contributed by atoms with E-state index in [1.54, 1.807) is 29.3 Å². The van der Waals surface area contributed by atoms with Crippen LogP contribution in [-0.4, -0.2) is 66.6 Å². The first-order valence-electron chi connectivity index (χ1n) is 12.2. The van der Waals surface area contributed by atoms with Crippen molar-refractivity contribution in [3.05, 3.63) is 107 Å². The maximum absolute atomic E-state index is 13.7. The van der Waals surface area contributed by atoms with Crippen molar-refractivity contribution in [2.75, 3.05) is 26.2 Å². The van der Waals surface area contributed by atoms with Crippen LogP contribution in [0.2, 0.25) is 0 Å². The summed E-state index contributed by atoms with van der Waals surface area (Å²) in [5.41, 5.74) is 3.40. The van der Waals surface area contributed by atoms with Crippen LogP contribution in [0.5, 0.6) is 0 Å². The van der Waals surface area contributed by atoms with Crippen LogP contribution < -0.4 is 5.56 Å². The van der Waals surface area contributed by atoms with Crippen LogP contribution in [0.4, 0.5) is 0 Å². The second-order valence-electron chi connectivity index (χ2n) is 9.01. The lowest BCUT2D eigenvalue weighted by molar-refractivity contribution is 0.0626. The molecule has 9 nitrogen and oxygen atoms in total. The van der Waals surface area contributed by atoms with Gasteiger partial charge in [0.1, 0.15) is 11.5 Å². The molecule has 0 aliphatic carbocycles. The first-order valence-corrected chi connectivity index (χ1v) is 12.2. The Labute approximate surface area is 213 Å². The summed E-state index contributed by atoms with van der Waals surface area (Å²) < 4.78 is 1.74. The van der Waals surface area contributed by atoms with E-state index in [0.717, 1.165) is 11.3 Å². The summed E-state index contributed by atoms with van der Waals surface area (Å²) in [5.74, 6) is 0.574. The van der Waals surface area contributed by atoms with E-state index in [2.05, 4.69) is 19.9 Å². The number of H-pyrrole nitrogens is 1. The van der Waals surface area contributed by atoms with Crippen molar-refractivity contribution in [1.82, 2.24) is 34.5 Å². The summed E-state index contributed by atoms with van der Waals surface area (Å²) in [7, 11) is 0. The third-order valence-electron chi connectivity index (χ3n) is 6.60. The van der Waals surface area contributed by atoms with E-state index in [0.29, 0.717) is 60.7 Å². The first-order chi connectivity index (χ1) is 18.2. The predicted octanol–water partition coefficient (Wildman–Crippen LogP) is 3.13. The number of piperazine rings is 1. The van der Waals surface area contributed by atoms with Crippen molar-refractivity contribution >= 4 is 16.8 Å². The molecule has 0 atom stereocenters. The Morgan fingerprint density at radius 1 is 0.919 bits per heavy atom. The van der Waals surface area contributed by atoms with Crippen molar-refractivity contribution in [1.29, 1.82) is 0 Å². The van der Waals surface area contributed by atoms with Crippen molar-refractivity contribution in [3.8, 4) is 16.9 Å². The fourth-order valence-corrected chi connectivity index (χ4v) is 4.66. The topological polar surface area (TPSA) is 100 Å². The highest BCUT2D eigenvalue weighted by molar-refractivity contribution is 6.00. The van der Waals surface area contributed by atoms with Gasteiger partial charge in [-0.05, 0) is 36.4 Å². The molecule has 1 fully saturated rings. The zero-order valence-corrected chi connectivity index (χ0v) is 20.1. The molecule has 184 valence electrons. The number of hydrogen-bond donors (Lipinski definition) is 1. The average molecular weight is 492 g/mol. The monoisotopic (exact) mass is 491 g/mol. The fraction of sp³-hybridized carbons (Fsp3) is 0.179. The van der Waals surface area contributed by atoms with E-state index < -0.39 is 0 Å². The van der Waals surface area contributed by atoms with Crippen LogP contribution >= 0.6 is 0 Å². The van der Waals surface area contributed by atoms with Crippen LogP contribution in [-0.2, 0) is 6.54 Å². The molecule has 0 spiro atoms. The molecule has 3 aromatic heterocycles. The van der Waals surface area contributed by atoms with E-state index in [1.807, 2.05) is 65.6 Å². The molecular weight excluding hydrogens is 466 g/mol. The Morgan fingerprint density at radius 2 is 1.70 bits per heavy atom. The number of aromatic amines is 1. The molecule has 6 rings (SSSR count). The first kappa shape index (κ1) is 22.8. The van der Waals surface area contributed by atoms with Gasteiger partial charge in [-0.2, -0.15) is 5.10 Å². The van der Waals surface area contributed by atoms with Crippen molar-refractivity contribution < 1.29 is 4.79 Å². The molecule has 2 aromatic carbocycles. The van der Waals surface area contributed by atoms with E-state index >= 15 is 0 Å². The van der Waals surface area contributed by atoms with Gasteiger partial charge in [-0.15, -0.1) is 0 Å². The number of rotatable bonds is 5. The summed E-state index contributed by atoms with van der Waals surface area (Å²) >= 11 is 0. The molecule has 0 saturated carbocycles. The molecule has 0 bridgehead atoms. The fourth-order valence-electron chi connectivity index (χ4n) is 4.66. The lowest BCUT2D eigenvalue weighted by Gasteiger charge is -2.34. The standard InChI is InChI=1S/C28H25N7O2/c36-27-22-10-4-5-11-24(22)30-25(31-27)19-33-13-15-34(16-14-33)28(37)23-18-35(21-8-2-1-3-9-21)32-26(23)20-7-6-12-29-17-20/h1-12,17-18H,13-16,19H2,(H,30,31,36). The molecule has 1 aliphatic heterocycles. The normalized spacial score (nSPS) is 14.2. The van der Waals surface area contributed by atoms with Gasteiger partial charge in [-0.1, -0.05) is 30.3 Å². The smallest absolute Gasteiger partial charge is 0.258 e. The van der Waals surface area contributed by atoms with Gasteiger partial charge in [-0.3, -0.25) is 19.5 Å². The molecule has 5 aromatic rings. The zero-order chi connectivity index (χ0) is 25.2. The average Bonchev–Trinajstić information content (AvgIpc) is 3.40. The summed E-state index contributed by atoms with van der Waals surface area (Å²) in [5, 5.41) is 5.33. The molecule has 1 saturated heterocycles. The van der Waals surface area contributed by atoms with Gasteiger partial charge in [0.25, 0.3) is 11.5 Å². The van der Waals surface area contributed by atoms with Crippen LogP contribution in [0, 0.1) is 0 Å². The lowest BCUT2D eigenvalue weighted by Crippen LogP contribution is -2.48. The largest absolute Gasteiger partial charge is 0.336 e. The molecule has 1 N–H and O–H groups in total. The molecule has 9 heteroatoms. The number of nitrogens with one attached hydrogen (secondary N) is 1. The predicted molar refractivity (Wildman–Crippen MR) is 140 cm³/mol. The maximum atomic E-state index is 13.7. The van der Waals surface area contributed by atoms with Gasteiger partial charge in [0.15, 0.2) is 0 Å². The number of benzene rings is 2. The number of fused-ring (bicyclic) bond motifs is 1. The highest BCUT2D eigenvalue weighted by Gasteiger charge is 2.27. The molecule has 4 heterocycles. The minimum Gasteiger partial charge on any atom is -0.336 e. The highest BCUT2D eigenvalue weighted by Crippen LogP contribution is 2.25. The third kappa shape index (κ3) is 4.64. The molecule has 1 aliphatic rings. The number of pyridine rings is 1.